The van der Waals surface area contributed by atoms with Gasteiger partial charge in [-0.2, -0.15) is 0 Å². The van der Waals surface area contributed by atoms with Crippen LogP contribution in [0.5, 0.6) is 0 Å². The number of benzene rings is 21. The predicted octanol–water partition coefficient (Wildman–Crippen LogP) is 38.6. The Labute approximate surface area is 855 Å². The van der Waals surface area contributed by atoms with Gasteiger partial charge in [0.05, 0.1) is 66.2 Å². The minimum atomic E-state index is 1.02. The third kappa shape index (κ3) is 17.6. The zero-order valence-corrected chi connectivity index (χ0v) is 85.0. The van der Waals surface area contributed by atoms with Gasteiger partial charge in [-0.25, -0.2) is 0 Å². The lowest BCUT2D eigenvalue weighted by molar-refractivity contribution is 1.01. The fourth-order valence-electron chi connectivity index (χ4n) is 21.8. The molecule has 2 aliphatic carbocycles. The molecule has 0 saturated carbocycles. The Morgan fingerprint density at radius 1 is 0.137 bits per heavy atom. The van der Waals surface area contributed by atoms with Gasteiger partial charge in [0.15, 0.2) is 0 Å². The Kier molecular flexibility index (Phi) is 28.7. The molecule has 712 valence electrons. The van der Waals surface area contributed by atoms with Gasteiger partial charge in [-0.1, -0.05) is 415 Å². The Morgan fingerprint density at radius 3 is 0.678 bits per heavy atom. The lowest BCUT2D eigenvalue weighted by atomic mass is 10.0. The molecule has 0 spiro atoms. The number of rotatable bonds is 6. The van der Waals surface area contributed by atoms with Gasteiger partial charge in [0.1, 0.15) is 0 Å². The van der Waals surface area contributed by atoms with Gasteiger partial charge >= 0.3 is 0 Å². The molecule has 0 saturated heterocycles. The van der Waals surface area contributed by atoms with E-state index in [0.717, 1.165) is 12.8 Å². The van der Waals surface area contributed by atoms with E-state index in [1.165, 1.54) is 231 Å². The van der Waals surface area contributed by atoms with Crippen LogP contribution >= 0.6 is 0 Å². The molecule has 30 rings (SSSR count). The second-order valence-corrected chi connectivity index (χ2v) is 35.3. The quantitative estimate of drug-likeness (QED) is 0.159. The second-order valence-electron chi connectivity index (χ2n) is 35.3. The maximum atomic E-state index is 2.40. The van der Waals surface area contributed by atoms with E-state index < -0.39 is 0 Å². The van der Waals surface area contributed by atoms with Crippen LogP contribution in [-0.4, -0.2) is 32.0 Å². The molecular weight excluding hydrogens is 1770 g/mol. The molecule has 0 radical (unpaired) electrons. The van der Waals surface area contributed by atoms with Crippen LogP contribution < -0.4 is 0 Å². The molecule has 0 bridgehead atoms. The minimum Gasteiger partial charge on any atom is -0.344 e. The molecule has 0 amide bonds. The van der Waals surface area contributed by atoms with Gasteiger partial charge in [-0.3, -0.25) is 0 Å². The summed E-state index contributed by atoms with van der Waals surface area (Å²) in [4.78, 5) is 0. The van der Waals surface area contributed by atoms with E-state index in [0.29, 0.717) is 0 Å². The zero-order valence-electron chi connectivity index (χ0n) is 85.0. The van der Waals surface area contributed by atoms with Crippen molar-refractivity contribution in [1.29, 1.82) is 0 Å². The van der Waals surface area contributed by atoms with Crippen LogP contribution in [0.3, 0.4) is 0 Å². The van der Waals surface area contributed by atoms with Crippen molar-refractivity contribution in [3.63, 3.8) is 0 Å². The predicted molar refractivity (Wildman–Crippen MR) is 632 cm³/mol. The van der Waals surface area contributed by atoms with E-state index in [2.05, 4.69) is 549 Å². The van der Waals surface area contributed by atoms with Gasteiger partial charge in [0.25, 0.3) is 0 Å². The largest absolute Gasteiger partial charge is 0.344 e. The van der Waals surface area contributed by atoms with E-state index in [1.54, 1.807) is 0 Å². The maximum absolute atomic E-state index is 2.40. The third-order valence-electron chi connectivity index (χ3n) is 27.7. The van der Waals surface area contributed by atoms with Crippen molar-refractivity contribution in [3.05, 3.63) is 532 Å². The molecule has 28 aromatic rings. The summed E-state index contributed by atoms with van der Waals surface area (Å²) in [5, 5.41) is 18.4. The number of aromatic nitrogens is 7. The Balaban J connectivity index is 0.000000106. The van der Waals surface area contributed by atoms with Crippen LogP contribution in [0, 0.1) is 0 Å². The molecule has 146 heavy (non-hydrogen) atoms. The van der Waals surface area contributed by atoms with Crippen molar-refractivity contribution < 1.29 is 0 Å². The van der Waals surface area contributed by atoms with Gasteiger partial charge in [-0.05, 0) is 221 Å². The first-order chi connectivity index (χ1) is 72.5. The summed E-state index contributed by atoms with van der Waals surface area (Å²) in [5.74, 6) is 0. The smallest absolute Gasteiger partial charge is 0.0562 e. The molecule has 0 atom stereocenters. The normalized spacial score (nSPS) is 11.2. The van der Waals surface area contributed by atoms with Crippen molar-refractivity contribution >= 4 is 153 Å². The van der Waals surface area contributed by atoms with Gasteiger partial charge in [0.2, 0.25) is 0 Å². The number of hydrogen-bond donors (Lipinski definition) is 0. The van der Waals surface area contributed by atoms with E-state index >= 15 is 0 Å². The molecular formula is C139H121N7. The Morgan fingerprint density at radius 2 is 0.356 bits per heavy atom. The van der Waals surface area contributed by atoms with Crippen molar-refractivity contribution in [2.75, 3.05) is 0 Å². The topological polar surface area (TPSA) is 34.5 Å². The number of aryl methyl sites for hydroxylation is 1. The highest BCUT2D eigenvalue weighted by Gasteiger charge is 2.27. The third-order valence-corrected chi connectivity index (χ3v) is 27.7. The molecule has 7 nitrogen and oxygen atoms in total. The Bertz CT molecular complexity index is 8930. The van der Waals surface area contributed by atoms with Crippen molar-refractivity contribution in [2.24, 2.45) is 7.05 Å². The van der Waals surface area contributed by atoms with Crippen LogP contribution in [0.2, 0.25) is 0 Å². The average Bonchev–Trinajstić information content (AvgIpc) is 1.53. The first-order valence-corrected chi connectivity index (χ1v) is 51.9. The maximum Gasteiger partial charge on any atom is 0.0562 e. The minimum absolute atomic E-state index is 1.02. The highest BCUT2D eigenvalue weighted by atomic mass is 15.0. The second kappa shape index (κ2) is 43.8. The monoisotopic (exact) mass is 1890 g/mol. The summed E-state index contributed by atoms with van der Waals surface area (Å²) in [6, 6.07) is 182. The number of nitrogens with zero attached hydrogens (tertiary/aromatic N) is 7. The SMILES string of the molecule is CC.CC.CC.CC.CC.Cn1c2ccccc2c2ccccc21.c1ccc(-n2c3ccccc3c3c4c(ccc32)-c2ccccc2C4)cc1.c1ccc(-n2c3ccccc3c3cc4c(cc32)Cc2ccccc2-4)cc1.c1ccc(-n2c3ccccc3c3cc4c5ccccc5n(-c5ccccc5)c4cc32)cc1.c1ccc(-n2c3ccccc3c3ccccc32)cc1.c1ccc(-n2c3ccccc3c3ccccc32)cc1. The summed E-state index contributed by atoms with van der Waals surface area (Å²) < 4.78 is 16.5. The molecule has 21 aromatic carbocycles. The summed E-state index contributed by atoms with van der Waals surface area (Å²) in [6.45, 7) is 20.0. The number of para-hydroxylation sites is 16. The Hall–Kier alpha value is -17.8. The van der Waals surface area contributed by atoms with E-state index in [9.17, 15) is 0 Å². The molecule has 2 aliphatic rings. The molecule has 0 unspecified atom stereocenters. The molecule has 0 N–H and O–H groups in total. The molecule has 7 aromatic heterocycles. The first kappa shape index (κ1) is 95.7. The van der Waals surface area contributed by atoms with Crippen LogP contribution in [0.25, 0.3) is 209 Å². The van der Waals surface area contributed by atoms with Crippen molar-refractivity contribution in [1.82, 2.24) is 32.0 Å². The average molecular weight is 1890 g/mol. The highest BCUT2D eigenvalue weighted by molar-refractivity contribution is 6.21. The van der Waals surface area contributed by atoms with Gasteiger partial charge in [-0.15, -0.1) is 0 Å². The molecule has 7 heteroatoms. The lowest BCUT2D eigenvalue weighted by Gasteiger charge is -2.10. The van der Waals surface area contributed by atoms with Crippen LogP contribution in [0.15, 0.2) is 510 Å². The number of fused-ring (bicyclic) bond motifs is 28. The zero-order chi connectivity index (χ0) is 100. The fraction of sp³-hybridized carbons (Fsp3) is 0.0935. The van der Waals surface area contributed by atoms with Crippen molar-refractivity contribution in [2.45, 2.75) is 82.1 Å². The summed E-state index contributed by atoms with van der Waals surface area (Å²) in [7, 11) is 2.12. The van der Waals surface area contributed by atoms with Crippen LogP contribution in [-0.2, 0) is 19.9 Å². The van der Waals surface area contributed by atoms with E-state index in [4.69, 9.17) is 0 Å². The van der Waals surface area contributed by atoms with Crippen LogP contribution in [0.1, 0.15) is 91.5 Å². The van der Waals surface area contributed by atoms with Crippen LogP contribution in [0.4, 0.5) is 0 Å². The molecule has 0 fully saturated rings. The van der Waals surface area contributed by atoms with E-state index in [-0.39, 0.29) is 0 Å². The van der Waals surface area contributed by atoms with Crippen molar-refractivity contribution in [3.8, 4) is 56.4 Å². The van der Waals surface area contributed by atoms with E-state index in [1.807, 2.05) is 69.2 Å². The fourth-order valence-corrected chi connectivity index (χ4v) is 21.8. The lowest BCUT2D eigenvalue weighted by Crippen LogP contribution is -1.95. The summed E-state index contributed by atoms with van der Waals surface area (Å²) >= 11 is 0. The molecule has 0 aliphatic heterocycles. The number of hydrogen-bond acceptors (Lipinski definition) is 0. The van der Waals surface area contributed by atoms with Gasteiger partial charge in [0, 0.05) is 128 Å². The summed E-state index contributed by atoms with van der Waals surface area (Å²) in [6.07, 6.45) is 2.05. The highest BCUT2D eigenvalue weighted by Crippen LogP contribution is 2.48. The standard InChI is InChI=1S/C30H20N2.2C25H17N.2C18H13N.C13H11N.5C2H6/c1-3-11-21(12-4-1)31-27-17-9-7-15-23(27)25-19-26-24-16-8-10-18-28(24)32(30(26)20-29(25)31)22-13-5-2-6-14-22;1-2-9-19(10-3-1)26-24-13-7-6-12-21(24)23-16-22-18(15-25(23)26)14-17-8-4-5-11-20(17)22;1-2-9-18(10-3-1)26-23-13-7-6-12-21(23)25-22-16-17-8-4-5-11-19(17)20(22)14-15-24(25)26;2*1-2-8-14(9-3-1)19-17-12-6-4-10-15(17)16-11-5-7-13-18(16)19;1-14-12-8-4-2-6-10(12)11-7-3-5-9-13(11)14;5*1-2/h1-20H;1-13,15-16H,14H2;1-15H,16H2;2*1-13H;2-9H,1H3;5*1-2H3. The first-order valence-electron chi connectivity index (χ1n) is 51.9. The van der Waals surface area contributed by atoms with Gasteiger partial charge < -0.3 is 32.0 Å². The summed E-state index contributed by atoms with van der Waals surface area (Å²) in [5.41, 5.74) is 36.2. The molecule has 7 heterocycles.